The van der Waals surface area contributed by atoms with Crippen molar-refractivity contribution in [2.75, 3.05) is 6.26 Å². The molecule has 0 aromatic heterocycles. The Labute approximate surface area is 84.1 Å². The quantitative estimate of drug-likeness (QED) is 0.696. The SMILES string of the molecule is CSC1(c2ccccc2)SC1(F)F. The van der Waals surface area contributed by atoms with Crippen molar-refractivity contribution < 1.29 is 8.78 Å². The third-order valence-electron chi connectivity index (χ3n) is 2.05. The van der Waals surface area contributed by atoms with E-state index in [4.69, 9.17) is 0 Å². The summed E-state index contributed by atoms with van der Waals surface area (Å²) < 4.78 is 25.1. The van der Waals surface area contributed by atoms with Gasteiger partial charge in [-0.3, -0.25) is 0 Å². The summed E-state index contributed by atoms with van der Waals surface area (Å²) in [4.78, 5) is 0. The van der Waals surface area contributed by atoms with E-state index in [1.807, 2.05) is 6.07 Å². The van der Waals surface area contributed by atoms with Gasteiger partial charge >= 0.3 is 5.25 Å². The van der Waals surface area contributed by atoms with Gasteiger partial charge in [0, 0.05) is 0 Å². The number of hydrogen-bond donors (Lipinski definition) is 0. The van der Waals surface area contributed by atoms with E-state index < -0.39 is 9.33 Å². The molecule has 1 aromatic rings. The smallest absolute Gasteiger partial charge is 0.191 e. The zero-order valence-corrected chi connectivity index (χ0v) is 8.59. The van der Waals surface area contributed by atoms with Gasteiger partial charge in [0.25, 0.3) is 0 Å². The van der Waals surface area contributed by atoms with Crippen molar-refractivity contribution in [3.05, 3.63) is 35.9 Å². The van der Waals surface area contributed by atoms with Gasteiger partial charge < -0.3 is 0 Å². The van der Waals surface area contributed by atoms with Crippen LogP contribution in [-0.2, 0) is 4.08 Å². The Kier molecular flexibility index (Phi) is 2.07. The maximum atomic E-state index is 13.1. The van der Waals surface area contributed by atoms with Gasteiger partial charge in [-0.2, -0.15) is 8.78 Å². The molecule has 1 aromatic carbocycles. The van der Waals surface area contributed by atoms with Gasteiger partial charge in [0.1, 0.15) is 0 Å². The van der Waals surface area contributed by atoms with Crippen LogP contribution in [0.25, 0.3) is 0 Å². The highest BCUT2D eigenvalue weighted by Gasteiger charge is 2.73. The standard InChI is InChI=1S/C9H8F2S2/c1-12-8(9(10,11)13-8)7-5-3-2-4-6-7/h2-6H,1H3. The maximum absolute atomic E-state index is 13.1. The van der Waals surface area contributed by atoms with Crippen molar-refractivity contribution >= 4 is 23.5 Å². The van der Waals surface area contributed by atoms with E-state index in [1.54, 1.807) is 30.5 Å². The van der Waals surface area contributed by atoms with Crippen LogP contribution in [0.1, 0.15) is 5.56 Å². The lowest BCUT2D eigenvalue weighted by Gasteiger charge is -2.10. The molecular weight excluding hydrogens is 210 g/mol. The molecule has 0 bridgehead atoms. The Morgan fingerprint density at radius 2 is 1.77 bits per heavy atom. The van der Waals surface area contributed by atoms with Crippen molar-refractivity contribution in [3.63, 3.8) is 0 Å². The molecule has 0 nitrogen and oxygen atoms in total. The van der Waals surface area contributed by atoms with Crippen LogP contribution in [0.4, 0.5) is 8.78 Å². The fourth-order valence-corrected chi connectivity index (χ4v) is 3.51. The topological polar surface area (TPSA) is 0 Å². The summed E-state index contributed by atoms with van der Waals surface area (Å²) in [5.41, 5.74) is 0.706. The highest BCUT2D eigenvalue weighted by Crippen LogP contribution is 2.76. The van der Waals surface area contributed by atoms with Gasteiger partial charge in [0.05, 0.1) is 0 Å². The summed E-state index contributed by atoms with van der Waals surface area (Å²) in [6.45, 7) is 0. The number of benzene rings is 1. The monoisotopic (exact) mass is 218 g/mol. The molecule has 0 radical (unpaired) electrons. The Morgan fingerprint density at radius 1 is 1.23 bits per heavy atom. The first-order valence-electron chi connectivity index (χ1n) is 3.81. The first-order chi connectivity index (χ1) is 6.12. The van der Waals surface area contributed by atoms with Crippen molar-refractivity contribution in [3.8, 4) is 0 Å². The number of thioether (sulfide) groups is 2. The maximum Gasteiger partial charge on any atom is 0.323 e. The summed E-state index contributed by atoms with van der Waals surface area (Å²) in [6.07, 6.45) is 1.72. The molecule has 1 heterocycles. The lowest BCUT2D eigenvalue weighted by Crippen LogP contribution is -2.11. The molecule has 0 saturated carbocycles. The van der Waals surface area contributed by atoms with E-state index in [-0.39, 0.29) is 0 Å². The molecule has 13 heavy (non-hydrogen) atoms. The Balaban J connectivity index is 2.37. The zero-order valence-electron chi connectivity index (χ0n) is 6.96. The van der Waals surface area contributed by atoms with E-state index in [0.717, 1.165) is 11.8 Å². The zero-order chi connectivity index (χ0) is 9.53. The molecule has 1 aliphatic rings. The molecule has 1 saturated heterocycles. The average molecular weight is 218 g/mol. The summed E-state index contributed by atoms with van der Waals surface area (Å²) in [7, 11) is 0. The van der Waals surface area contributed by atoms with Crippen molar-refractivity contribution in [2.24, 2.45) is 0 Å². The van der Waals surface area contributed by atoms with Gasteiger partial charge in [0.2, 0.25) is 0 Å². The highest BCUT2D eigenvalue weighted by atomic mass is 32.2. The molecule has 0 aliphatic carbocycles. The van der Waals surface area contributed by atoms with Gasteiger partial charge in [-0.1, -0.05) is 42.1 Å². The molecule has 70 valence electrons. The van der Waals surface area contributed by atoms with Crippen molar-refractivity contribution in [2.45, 2.75) is 9.33 Å². The lowest BCUT2D eigenvalue weighted by atomic mass is 10.1. The molecule has 1 aliphatic heterocycles. The normalized spacial score (nSPS) is 30.1. The summed E-state index contributed by atoms with van der Waals surface area (Å²) in [5, 5.41) is -2.60. The molecule has 2 rings (SSSR count). The van der Waals surface area contributed by atoms with E-state index in [0.29, 0.717) is 5.56 Å². The fraction of sp³-hybridized carbons (Fsp3) is 0.333. The minimum absolute atomic E-state index is 0.706. The Hall–Kier alpha value is -0.220. The minimum Gasteiger partial charge on any atom is -0.191 e. The van der Waals surface area contributed by atoms with Gasteiger partial charge in [-0.25, -0.2) is 0 Å². The molecule has 1 atom stereocenters. The summed E-state index contributed by atoms with van der Waals surface area (Å²) >= 11 is 1.94. The van der Waals surface area contributed by atoms with Crippen molar-refractivity contribution in [1.82, 2.24) is 0 Å². The minimum atomic E-state index is -2.60. The van der Waals surface area contributed by atoms with Gasteiger partial charge in [-0.15, -0.1) is 11.8 Å². The van der Waals surface area contributed by atoms with Crippen LogP contribution in [0.15, 0.2) is 30.3 Å². The van der Waals surface area contributed by atoms with Crippen LogP contribution in [-0.4, -0.2) is 11.5 Å². The molecular formula is C9H8F2S2. The number of rotatable bonds is 2. The molecule has 1 unspecified atom stereocenters. The van der Waals surface area contributed by atoms with Crippen LogP contribution in [0.2, 0.25) is 0 Å². The Bertz CT molecular complexity index is 313. The van der Waals surface area contributed by atoms with E-state index in [9.17, 15) is 8.78 Å². The number of halogens is 2. The number of alkyl halides is 2. The largest absolute Gasteiger partial charge is 0.323 e. The van der Waals surface area contributed by atoms with Crippen LogP contribution in [0.5, 0.6) is 0 Å². The van der Waals surface area contributed by atoms with Crippen LogP contribution in [0, 0.1) is 0 Å². The van der Waals surface area contributed by atoms with Crippen LogP contribution >= 0.6 is 23.5 Å². The van der Waals surface area contributed by atoms with Gasteiger partial charge in [0.15, 0.2) is 4.08 Å². The molecule has 0 spiro atoms. The predicted octanol–water partition coefficient (Wildman–Crippen LogP) is 3.54. The molecule has 1 fully saturated rings. The average Bonchev–Trinajstić information content (AvgIpc) is 2.72. The summed E-state index contributed by atoms with van der Waals surface area (Å²) in [5.74, 6) is 0. The molecule has 4 heteroatoms. The lowest BCUT2D eigenvalue weighted by molar-refractivity contribution is 0.135. The first-order valence-corrected chi connectivity index (χ1v) is 5.85. The fourth-order valence-electron chi connectivity index (χ4n) is 1.32. The Morgan fingerprint density at radius 3 is 2.15 bits per heavy atom. The number of hydrogen-bond acceptors (Lipinski definition) is 2. The molecule has 0 amide bonds. The first kappa shape index (κ1) is 9.34. The second kappa shape index (κ2) is 2.89. The highest BCUT2D eigenvalue weighted by molar-refractivity contribution is 8.24. The summed E-state index contributed by atoms with van der Waals surface area (Å²) in [6, 6.07) is 8.93. The second-order valence-electron chi connectivity index (χ2n) is 2.81. The molecule has 0 N–H and O–H groups in total. The second-order valence-corrected chi connectivity index (χ2v) is 5.41. The van der Waals surface area contributed by atoms with Gasteiger partial charge in [-0.05, 0) is 11.8 Å². The third kappa shape index (κ3) is 1.27. The van der Waals surface area contributed by atoms with E-state index >= 15 is 0 Å². The predicted molar refractivity (Wildman–Crippen MR) is 54.2 cm³/mol. The van der Waals surface area contributed by atoms with Crippen LogP contribution < -0.4 is 0 Å². The van der Waals surface area contributed by atoms with Crippen LogP contribution in [0.3, 0.4) is 0 Å². The third-order valence-corrected chi connectivity index (χ3v) is 5.14. The van der Waals surface area contributed by atoms with E-state index in [2.05, 4.69) is 0 Å². The van der Waals surface area contributed by atoms with Crippen molar-refractivity contribution in [1.29, 1.82) is 0 Å². The van der Waals surface area contributed by atoms with E-state index in [1.165, 1.54) is 11.8 Å².